The van der Waals surface area contributed by atoms with E-state index in [2.05, 4.69) is 25.8 Å². The van der Waals surface area contributed by atoms with Crippen LogP contribution in [0.1, 0.15) is 38.8 Å². The molecule has 0 saturated carbocycles. The summed E-state index contributed by atoms with van der Waals surface area (Å²) in [6.07, 6.45) is 2.49. The Balaban J connectivity index is 1.94. The number of thioether (sulfide) groups is 1. The lowest BCUT2D eigenvalue weighted by Gasteiger charge is -2.25. The summed E-state index contributed by atoms with van der Waals surface area (Å²) in [5, 5.41) is 0. The molecule has 1 aliphatic rings. The van der Waals surface area contributed by atoms with Crippen molar-refractivity contribution < 1.29 is 14.0 Å². The number of aryl methyl sites for hydroxylation is 1. The predicted molar refractivity (Wildman–Crippen MR) is 90.2 cm³/mol. The molecule has 6 nitrogen and oxygen atoms in total. The summed E-state index contributed by atoms with van der Waals surface area (Å²) >= 11 is 1.61. The van der Waals surface area contributed by atoms with Gasteiger partial charge in [0, 0.05) is 38.1 Å². The number of hydrogen-bond acceptors (Lipinski definition) is 5. The molecule has 0 N–H and O–H groups in total. The lowest BCUT2D eigenvalue weighted by Crippen LogP contribution is -2.46. The third-order valence-electron chi connectivity index (χ3n) is 3.77. The monoisotopic (exact) mass is 339 g/mol. The van der Waals surface area contributed by atoms with Gasteiger partial charge in [-0.25, -0.2) is 4.98 Å². The van der Waals surface area contributed by atoms with Gasteiger partial charge in [-0.05, 0) is 0 Å². The van der Waals surface area contributed by atoms with E-state index in [-0.39, 0.29) is 23.3 Å². The number of amides is 2. The van der Waals surface area contributed by atoms with Crippen LogP contribution in [0, 0.1) is 0 Å². The van der Waals surface area contributed by atoms with Gasteiger partial charge in [0.2, 0.25) is 11.8 Å². The molecule has 1 saturated heterocycles. The lowest BCUT2D eigenvalue weighted by molar-refractivity contribution is -0.141. The second-order valence-corrected chi connectivity index (χ2v) is 7.98. The lowest BCUT2D eigenvalue weighted by atomic mass is 9.94. The zero-order valence-electron chi connectivity index (χ0n) is 14.5. The van der Waals surface area contributed by atoms with E-state index in [1.807, 2.05) is 0 Å². The molecule has 0 aromatic carbocycles. The zero-order valence-corrected chi connectivity index (χ0v) is 15.3. The number of oxazole rings is 1. The van der Waals surface area contributed by atoms with E-state index in [0.717, 1.165) is 5.76 Å². The molecular formula is C16H25N3O3S. The van der Waals surface area contributed by atoms with Gasteiger partial charge < -0.3 is 14.2 Å². The Kier molecular flexibility index (Phi) is 5.39. The quantitative estimate of drug-likeness (QED) is 0.838. The molecule has 2 heterocycles. The summed E-state index contributed by atoms with van der Waals surface area (Å²) in [5.41, 5.74) is -0.0932. The first-order valence-corrected chi connectivity index (χ1v) is 8.89. The Morgan fingerprint density at radius 3 is 2.70 bits per heavy atom. The number of likely N-dealkylation sites (N-methyl/N-ethyl adjacent to an activating group) is 1. The van der Waals surface area contributed by atoms with Crippen LogP contribution in [-0.2, 0) is 21.4 Å². The van der Waals surface area contributed by atoms with Crippen LogP contribution in [0.25, 0.3) is 0 Å². The first-order valence-electron chi connectivity index (χ1n) is 7.73. The molecule has 128 valence electrons. The third-order valence-corrected chi connectivity index (χ3v) is 4.79. The van der Waals surface area contributed by atoms with Crippen molar-refractivity contribution in [3.05, 3.63) is 17.8 Å². The smallest absolute Gasteiger partial charge is 0.245 e. The van der Waals surface area contributed by atoms with Crippen LogP contribution in [0.4, 0.5) is 0 Å². The topological polar surface area (TPSA) is 66.7 Å². The van der Waals surface area contributed by atoms with Crippen molar-refractivity contribution in [2.45, 2.75) is 45.1 Å². The van der Waals surface area contributed by atoms with Crippen LogP contribution in [-0.4, -0.2) is 58.4 Å². The maximum Gasteiger partial charge on any atom is 0.245 e. The molecule has 1 aliphatic heterocycles. The van der Waals surface area contributed by atoms with Crippen molar-refractivity contribution in [2.24, 2.45) is 0 Å². The van der Waals surface area contributed by atoms with E-state index in [4.69, 9.17) is 4.42 Å². The minimum atomic E-state index is -0.350. The summed E-state index contributed by atoms with van der Waals surface area (Å²) in [4.78, 5) is 32.0. The second-order valence-electron chi connectivity index (χ2n) is 6.98. The van der Waals surface area contributed by atoms with Crippen molar-refractivity contribution in [3.63, 3.8) is 0 Å². The van der Waals surface area contributed by atoms with Gasteiger partial charge in [0.05, 0.1) is 12.1 Å². The van der Waals surface area contributed by atoms with Crippen LogP contribution in [0.2, 0.25) is 0 Å². The van der Waals surface area contributed by atoms with E-state index in [9.17, 15) is 9.59 Å². The number of rotatable bonds is 4. The summed E-state index contributed by atoms with van der Waals surface area (Å²) in [6.45, 7) is 6.17. The second kappa shape index (κ2) is 6.95. The number of hydrogen-bond donors (Lipinski definition) is 0. The molecule has 1 atom stereocenters. The highest BCUT2D eigenvalue weighted by molar-refractivity contribution is 7.99. The average Bonchev–Trinajstić information content (AvgIpc) is 3.12. The van der Waals surface area contributed by atoms with Gasteiger partial charge in [-0.15, -0.1) is 11.8 Å². The SMILES string of the molecule is CN(C)C(=O)[C@@H]1CSCN1C(=O)CCc1ncc(C(C)(C)C)o1. The highest BCUT2D eigenvalue weighted by Gasteiger charge is 2.35. The van der Waals surface area contributed by atoms with Crippen LogP contribution in [0.3, 0.4) is 0 Å². The predicted octanol–water partition coefficient (Wildman–Crippen LogP) is 1.89. The molecule has 0 bridgehead atoms. The van der Waals surface area contributed by atoms with Gasteiger partial charge >= 0.3 is 0 Å². The fourth-order valence-electron chi connectivity index (χ4n) is 2.32. The summed E-state index contributed by atoms with van der Waals surface area (Å²) in [5.74, 6) is 2.58. The van der Waals surface area contributed by atoms with E-state index in [1.54, 1.807) is 41.9 Å². The Labute approximate surface area is 141 Å². The summed E-state index contributed by atoms with van der Waals surface area (Å²) < 4.78 is 5.71. The molecule has 1 aromatic rings. The van der Waals surface area contributed by atoms with E-state index in [0.29, 0.717) is 30.4 Å². The molecule has 0 radical (unpaired) electrons. The maximum atomic E-state index is 12.4. The molecule has 2 amide bonds. The summed E-state index contributed by atoms with van der Waals surface area (Å²) in [7, 11) is 3.43. The standard InChI is InChI=1S/C16H25N3O3S/c1-16(2,3)12-8-17-13(22-12)6-7-14(20)19-10-23-9-11(19)15(21)18(4)5/h8,11H,6-7,9-10H2,1-5H3/t11-/m0/s1. The fourth-order valence-corrected chi connectivity index (χ4v) is 3.49. The van der Waals surface area contributed by atoms with Crippen molar-refractivity contribution in [1.29, 1.82) is 0 Å². The number of carbonyl (C=O) groups is 2. The first-order chi connectivity index (χ1) is 10.7. The third kappa shape index (κ3) is 4.28. The maximum absolute atomic E-state index is 12.4. The Bertz CT molecular complexity index is 577. The highest BCUT2D eigenvalue weighted by Crippen LogP contribution is 2.25. The molecule has 1 aromatic heterocycles. The van der Waals surface area contributed by atoms with E-state index >= 15 is 0 Å². The molecule has 7 heteroatoms. The molecule has 0 spiro atoms. The Hall–Kier alpha value is -1.50. The van der Waals surface area contributed by atoms with Crippen LogP contribution >= 0.6 is 11.8 Å². The van der Waals surface area contributed by atoms with E-state index < -0.39 is 0 Å². The Morgan fingerprint density at radius 2 is 2.13 bits per heavy atom. The first kappa shape index (κ1) is 17.8. The van der Waals surface area contributed by atoms with Crippen molar-refractivity contribution in [1.82, 2.24) is 14.8 Å². The number of carbonyl (C=O) groups excluding carboxylic acids is 2. The molecule has 23 heavy (non-hydrogen) atoms. The van der Waals surface area contributed by atoms with Gasteiger partial charge in [0.25, 0.3) is 0 Å². The van der Waals surface area contributed by atoms with Crippen LogP contribution < -0.4 is 0 Å². The molecule has 2 rings (SSSR count). The van der Waals surface area contributed by atoms with E-state index in [1.165, 1.54) is 0 Å². The normalized spacial score (nSPS) is 18.3. The largest absolute Gasteiger partial charge is 0.445 e. The number of aromatic nitrogens is 1. The van der Waals surface area contributed by atoms with Gasteiger partial charge in [0.15, 0.2) is 5.89 Å². The van der Waals surface area contributed by atoms with Crippen molar-refractivity contribution in [2.75, 3.05) is 25.7 Å². The van der Waals surface area contributed by atoms with Crippen LogP contribution in [0.15, 0.2) is 10.6 Å². The van der Waals surface area contributed by atoms with Gasteiger partial charge in [-0.2, -0.15) is 0 Å². The Morgan fingerprint density at radius 1 is 1.43 bits per heavy atom. The molecule has 0 aliphatic carbocycles. The number of nitrogens with zero attached hydrogens (tertiary/aromatic N) is 3. The zero-order chi connectivity index (χ0) is 17.2. The fraction of sp³-hybridized carbons (Fsp3) is 0.688. The van der Waals surface area contributed by atoms with Gasteiger partial charge in [-0.3, -0.25) is 9.59 Å². The molecule has 1 fully saturated rings. The van der Waals surface area contributed by atoms with Gasteiger partial charge in [0.1, 0.15) is 11.8 Å². The van der Waals surface area contributed by atoms with Crippen molar-refractivity contribution in [3.8, 4) is 0 Å². The summed E-state index contributed by atoms with van der Waals surface area (Å²) in [6, 6.07) is -0.350. The highest BCUT2D eigenvalue weighted by atomic mass is 32.2. The van der Waals surface area contributed by atoms with Gasteiger partial charge in [-0.1, -0.05) is 20.8 Å². The minimum Gasteiger partial charge on any atom is -0.445 e. The molecular weight excluding hydrogens is 314 g/mol. The minimum absolute atomic E-state index is 0.0190. The molecule has 0 unspecified atom stereocenters. The van der Waals surface area contributed by atoms with Crippen LogP contribution in [0.5, 0.6) is 0 Å². The average molecular weight is 339 g/mol. The van der Waals surface area contributed by atoms with Crippen molar-refractivity contribution >= 4 is 23.6 Å².